The van der Waals surface area contributed by atoms with Gasteiger partial charge in [0.15, 0.2) is 0 Å². The van der Waals surface area contributed by atoms with Crippen molar-refractivity contribution in [3.8, 4) is 0 Å². The number of nitrogens with two attached hydrogens (primary N) is 1. The predicted molar refractivity (Wildman–Crippen MR) is 82.8 cm³/mol. The van der Waals surface area contributed by atoms with Gasteiger partial charge in [0.05, 0.1) is 10.7 Å². The average molecular weight is 285 g/mol. The smallest absolute Gasteiger partial charge is 0.0643 e. The molecule has 1 aliphatic rings. The van der Waals surface area contributed by atoms with Crippen molar-refractivity contribution < 1.29 is 0 Å². The molecule has 4 heteroatoms. The summed E-state index contributed by atoms with van der Waals surface area (Å²) in [5, 5.41) is 1.46. The highest BCUT2D eigenvalue weighted by molar-refractivity contribution is 8.00. The number of rotatable bonds is 2. The summed E-state index contributed by atoms with van der Waals surface area (Å²) >= 11 is 8.45. The van der Waals surface area contributed by atoms with Crippen molar-refractivity contribution in [2.45, 2.75) is 38.1 Å². The summed E-state index contributed by atoms with van der Waals surface area (Å²) in [7, 11) is 0. The van der Waals surface area contributed by atoms with E-state index in [9.17, 15) is 0 Å². The van der Waals surface area contributed by atoms with Gasteiger partial charge >= 0.3 is 0 Å². The second-order valence-corrected chi connectivity index (χ2v) is 6.90. The summed E-state index contributed by atoms with van der Waals surface area (Å²) in [5.74, 6) is 1.16. The van der Waals surface area contributed by atoms with Crippen LogP contribution in [0.5, 0.6) is 0 Å². The Morgan fingerprint density at radius 2 is 2.17 bits per heavy atom. The normalized spacial score (nSPS) is 26.2. The zero-order valence-electron chi connectivity index (χ0n) is 11.2. The molecule has 0 aromatic heterocycles. The molecule has 0 amide bonds. The third-order valence-corrected chi connectivity index (χ3v) is 5.33. The number of hydrogen-bond donors (Lipinski definition) is 1. The van der Waals surface area contributed by atoms with E-state index in [4.69, 9.17) is 17.3 Å². The summed E-state index contributed by atoms with van der Waals surface area (Å²) in [6.07, 6.45) is 0. The first-order chi connectivity index (χ1) is 8.50. The van der Waals surface area contributed by atoms with Crippen LogP contribution < -0.4 is 10.6 Å². The second kappa shape index (κ2) is 5.72. The van der Waals surface area contributed by atoms with E-state index in [1.807, 2.05) is 24.8 Å². The van der Waals surface area contributed by atoms with E-state index in [1.54, 1.807) is 0 Å². The van der Waals surface area contributed by atoms with Crippen molar-refractivity contribution in [2.24, 2.45) is 5.73 Å². The molecular formula is C14H21ClN2S. The number of benzene rings is 1. The fourth-order valence-electron chi connectivity index (χ4n) is 2.31. The molecule has 0 radical (unpaired) electrons. The minimum Gasteiger partial charge on any atom is -0.366 e. The van der Waals surface area contributed by atoms with E-state index in [1.165, 1.54) is 0 Å². The molecule has 0 saturated carbocycles. The van der Waals surface area contributed by atoms with Crippen molar-refractivity contribution in [3.05, 3.63) is 28.8 Å². The first kappa shape index (κ1) is 14.0. The molecule has 2 rings (SSSR count). The lowest BCUT2D eigenvalue weighted by Crippen LogP contribution is -2.44. The summed E-state index contributed by atoms with van der Waals surface area (Å²) in [5.41, 5.74) is 8.12. The van der Waals surface area contributed by atoms with Gasteiger partial charge < -0.3 is 10.6 Å². The van der Waals surface area contributed by atoms with Crippen LogP contribution in [0.4, 0.5) is 5.69 Å². The first-order valence-corrected chi connectivity index (χ1v) is 7.86. The number of hydrogen-bond acceptors (Lipinski definition) is 3. The third-order valence-electron chi connectivity index (χ3n) is 3.69. The molecule has 1 aliphatic heterocycles. The third kappa shape index (κ3) is 2.79. The topological polar surface area (TPSA) is 29.3 Å². The summed E-state index contributed by atoms with van der Waals surface area (Å²) < 4.78 is 0. The Bertz CT molecular complexity index is 422. The lowest BCUT2D eigenvalue weighted by molar-refractivity contribution is 0.627. The predicted octanol–water partition coefficient (Wildman–Crippen LogP) is 3.69. The molecular weight excluding hydrogens is 264 g/mol. The van der Waals surface area contributed by atoms with Gasteiger partial charge in [-0.25, -0.2) is 0 Å². The molecule has 18 heavy (non-hydrogen) atoms. The van der Waals surface area contributed by atoms with E-state index < -0.39 is 0 Å². The highest BCUT2D eigenvalue weighted by Crippen LogP contribution is 2.34. The maximum atomic E-state index is 6.42. The van der Waals surface area contributed by atoms with E-state index in [-0.39, 0.29) is 6.04 Å². The van der Waals surface area contributed by atoms with Crippen LogP contribution in [-0.2, 0) is 0 Å². The lowest BCUT2D eigenvalue weighted by atomic mass is 10.1. The minimum absolute atomic E-state index is 0.0322. The van der Waals surface area contributed by atoms with Crippen LogP contribution in [0.25, 0.3) is 0 Å². The van der Waals surface area contributed by atoms with E-state index >= 15 is 0 Å². The molecule has 2 nitrogen and oxygen atoms in total. The highest BCUT2D eigenvalue weighted by atomic mass is 35.5. The van der Waals surface area contributed by atoms with Crippen LogP contribution >= 0.6 is 23.4 Å². The monoisotopic (exact) mass is 284 g/mol. The van der Waals surface area contributed by atoms with Crippen molar-refractivity contribution in [3.63, 3.8) is 0 Å². The van der Waals surface area contributed by atoms with E-state index in [2.05, 4.69) is 30.9 Å². The van der Waals surface area contributed by atoms with Gasteiger partial charge in [-0.2, -0.15) is 11.8 Å². The molecule has 0 spiro atoms. The zero-order chi connectivity index (χ0) is 13.3. The van der Waals surface area contributed by atoms with Crippen molar-refractivity contribution in [1.29, 1.82) is 0 Å². The van der Waals surface area contributed by atoms with Crippen LogP contribution in [-0.4, -0.2) is 23.6 Å². The Morgan fingerprint density at radius 1 is 1.44 bits per heavy atom. The van der Waals surface area contributed by atoms with Crippen molar-refractivity contribution >= 4 is 29.1 Å². The molecule has 1 aromatic carbocycles. The fourth-order valence-corrected chi connectivity index (χ4v) is 3.71. The van der Waals surface area contributed by atoms with E-state index in [0.29, 0.717) is 11.3 Å². The Kier molecular flexibility index (Phi) is 4.46. The van der Waals surface area contributed by atoms with Gasteiger partial charge in [0.1, 0.15) is 0 Å². The van der Waals surface area contributed by atoms with Crippen LogP contribution in [0.3, 0.4) is 0 Å². The molecule has 1 aromatic rings. The van der Waals surface area contributed by atoms with Gasteiger partial charge in [0.25, 0.3) is 0 Å². The van der Waals surface area contributed by atoms with Crippen molar-refractivity contribution in [1.82, 2.24) is 0 Å². The largest absolute Gasteiger partial charge is 0.366 e. The first-order valence-electron chi connectivity index (χ1n) is 6.44. The molecule has 3 unspecified atom stereocenters. The Balaban J connectivity index is 2.27. The number of thioether (sulfide) groups is 1. The average Bonchev–Trinajstić information content (AvgIpc) is 2.33. The fraction of sp³-hybridized carbons (Fsp3) is 0.571. The molecule has 1 saturated heterocycles. The Labute approximate surface area is 119 Å². The van der Waals surface area contributed by atoms with E-state index in [0.717, 1.165) is 28.6 Å². The van der Waals surface area contributed by atoms with Crippen LogP contribution in [0, 0.1) is 0 Å². The lowest BCUT2D eigenvalue weighted by Gasteiger charge is -2.39. The molecule has 1 heterocycles. The molecule has 100 valence electrons. The van der Waals surface area contributed by atoms with Gasteiger partial charge in [-0.3, -0.25) is 0 Å². The van der Waals surface area contributed by atoms with Crippen LogP contribution in [0.1, 0.15) is 32.4 Å². The molecule has 1 fully saturated rings. The van der Waals surface area contributed by atoms with Crippen molar-refractivity contribution in [2.75, 3.05) is 17.2 Å². The molecule has 2 N–H and O–H groups in total. The molecule has 3 atom stereocenters. The number of nitrogens with zero attached hydrogens (tertiary/aromatic N) is 1. The number of halogens is 1. The maximum Gasteiger partial charge on any atom is 0.0643 e. The van der Waals surface area contributed by atoms with Gasteiger partial charge in [0, 0.05) is 29.6 Å². The summed E-state index contributed by atoms with van der Waals surface area (Å²) in [6.45, 7) is 7.60. The molecule has 0 bridgehead atoms. The number of anilines is 1. The van der Waals surface area contributed by atoms with Gasteiger partial charge in [-0.05, 0) is 31.5 Å². The Morgan fingerprint density at radius 3 is 2.78 bits per heavy atom. The standard InChI is InChI=1S/C14H21ClN2S/c1-9(16)12-4-5-14(13(15)8-12)17-6-7-18-11(3)10(17)2/h4-5,8-11H,6-7,16H2,1-3H3. The second-order valence-electron chi connectivity index (χ2n) is 5.01. The summed E-state index contributed by atoms with van der Waals surface area (Å²) in [6, 6.07) is 6.75. The van der Waals surface area contributed by atoms with Gasteiger partial charge in [-0.15, -0.1) is 0 Å². The van der Waals surface area contributed by atoms with Crippen LogP contribution in [0.2, 0.25) is 5.02 Å². The SMILES string of the molecule is CC(N)c1ccc(N2CCSC(C)C2C)c(Cl)c1. The van der Waals surface area contributed by atoms with Crippen LogP contribution in [0.15, 0.2) is 18.2 Å². The van der Waals surface area contributed by atoms with Gasteiger partial charge in [0.2, 0.25) is 0 Å². The molecule has 0 aliphatic carbocycles. The highest BCUT2D eigenvalue weighted by Gasteiger charge is 2.26. The Hall–Kier alpha value is -0.380. The quantitative estimate of drug-likeness (QED) is 0.898. The minimum atomic E-state index is 0.0322. The van der Waals surface area contributed by atoms with Gasteiger partial charge in [-0.1, -0.05) is 24.6 Å². The maximum absolute atomic E-state index is 6.42. The summed E-state index contributed by atoms with van der Waals surface area (Å²) in [4.78, 5) is 2.41. The zero-order valence-corrected chi connectivity index (χ0v) is 12.8.